The first kappa shape index (κ1) is 17.4. The van der Waals surface area contributed by atoms with Crippen molar-refractivity contribution < 1.29 is 14.1 Å². The summed E-state index contributed by atoms with van der Waals surface area (Å²) in [5.41, 5.74) is 0. The zero-order valence-corrected chi connectivity index (χ0v) is 14.7. The van der Waals surface area contributed by atoms with Crippen LogP contribution in [0.2, 0.25) is 0 Å². The average molecular weight is 336 g/mol. The van der Waals surface area contributed by atoms with Crippen LogP contribution in [0.4, 0.5) is 0 Å². The molecule has 134 valence electrons. The summed E-state index contributed by atoms with van der Waals surface area (Å²) in [6.45, 7) is 5.16. The highest BCUT2D eigenvalue weighted by atomic mass is 16.5. The summed E-state index contributed by atoms with van der Waals surface area (Å²) in [7, 11) is 1.67. The lowest BCUT2D eigenvalue weighted by Crippen LogP contribution is -2.47. The van der Waals surface area contributed by atoms with Crippen molar-refractivity contribution in [1.82, 2.24) is 19.9 Å². The molecular formula is C17H28N4O3. The van der Waals surface area contributed by atoms with Crippen LogP contribution >= 0.6 is 0 Å². The van der Waals surface area contributed by atoms with E-state index in [1.54, 1.807) is 7.11 Å². The van der Waals surface area contributed by atoms with Crippen molar-refractivity contribution in [3.8, 4) is 0 Å². The van der Waals surface area contributed by atoms with E-state index in [2.05, 4.69) is 19.9 Å². The summed E-state index contributed by atoms with van der Waals surface area (Å²) in [6.07, 6.45) is 5.79. The molecule has 7 heteroatoms. The van der Waals surface area contributed by atoms with E-state index in [1.807, 2.05) is 6.92 Å². The standard InChI is InChI=1S/C17H28N4O3/c1-3-17(22)21-10-5-7-14(21)13-6-4-9-20(13)12-16-18-15(19-24-16)8-11-23-2/h13-14H,3-12H2,1-2H3/t13-,14+/m0/s1. The second kappa shape index (κ2) is 8.07. The first-order valence-electron chi connectivity index (χ1n) is 9.06. The molecule has 3 heterocycles. The summed E-state index contributed by atoms with van der Waals surface area (Å²) in [5, 5.41) is 4.02. The van der Waals surface area contributed by atoms with E-state index in [0.717, 1.165) is 32.4 Å². The molecule has 0 saturated carbocycles. The maximum atomic E-state index is 12.2. The summed E-state index contributed by atoms with van der Waals surface area (Å²) in [4.78, 5) is 21.2. The van der Waals surface area contributed by atoms with Gasteiger partial charge in [-0.3, -0.25) is 9.69 Å². The molecule has 2 saturated heterocycles. The molecule has 2 fully saturated rings. The van der Waals surface area contributed by atoms with E-state index in [1.165, 1.54) is 6.42 Å². The highest BCUT2D eigenvalue weighted by Gasteiger charge is 2.39. The number of hydrogen-bond donors (Lipinski definition) is 0. The molecule has 0 radical (unpaired) electrons. The van der Waals surface area contributed by atoms with Crippen LogP contribution in [0, 0.1) is 0 Å². The number of likely N-dealkylation sites (tertiary alicyclic amines) is 2. The largest absolute Gasteiger partial charge is 0.384 e. The molecule has 2 atom stereocenters. The molecule has 1 amide bonds. The first-order chi connectivity index (χ1) is 11.7. The fourth-order valence-electron chi connectivity index (χ4n) is 4.01. The fourth-order valence-corrected chi connectivity index (χ4v) is 4.01. The quantitative estimate of drug-likeness (QED) is 0.753. The van der Waals surface area contributed by atoms with Crippen LogP contribution in [0.25, 0.3) is 0 Å². The van der Waals surface area contributed by atoms with Gasteiger partial charge in [0.05, 0.1) is 13.2 Å². The molecule has 0 spiro atoms. The Morgan fingerprint density at radius 1 is 1.29 bits per heavy atom. The minimum absolute atomic E-state index is 0.281. The van der Waals surface area contributed by atoms with E-state index >= 15 is 0 Å². The molecule has 3 rings (SSSR count). The van der Waals surface area contributed by atoms with Crippen LogP contribution < -0.4 is 0 Å². The molecular weight excluding hydrogens is 308 g/mol. The molecule has 2 aliphatic heterocycles. The third kappa shape index (κ3) is 3.78. The third-order valence-corrected chi connectivity index (χ3v) is 5.16. The van der Waals surface area contributed by atoms with Crippen molar-refractivity contribution in [3.05, 3.63) is 11.7 Å². The lowest BCUT2D eigenvalue weighted by molar-refractivity contribution is -0.132. The predicted octanol–water partition coefficient (Wildman–Crippen LogP) is 1.62. The Morgan fingerprint density at radius 2 is 2.08 bits per heavy atom. The van der Waals surface area contributed by atoms with E-state index in [9.17, 15) is 4.79 Å². The highest BCUT2D eigenvalue weighted by molar-refractivity contribution is 5.76. The van der Waals surface area contributed by atoms with E-state index in [-0.39, 0.29) is 5.91 Å². The number of aromatic nitrogens is 2. The highest BCUT2D eigenvalue weighted by Crippen LogP contribution is 2.31. The van der Waals surface area contributed by atoms with E-state index < -0.39 is 0 Å². The van der Waals surface area contributed by atoms with Gasteiger partial charge in [0.1, 0.15) is 0 Å². The van der Waals surface area contributed by atoms with Crippen molar-refractivity contribution in [2.45, 2.75) is 64.1 Å². The maximum absolute atomic E-state index is 12.2. The molecule has 1 aromatic heterocycles. The zero-order chi connectivity index (χ0) is 16.9. The van der Waals surface area contributed by atoms with Crippen LogP contribution in [0.1, 0.15) is 50.7 Å². The SMILES string of the molecule is CCC(=O)N1CCC[C@@H]1[C@@H]1CCCN1Cc1nc(CCOC)no1. The molecule has 24 heavy (non-hydrogen) atoms. The van der Waals surface area contributed by atoms with Gasteiger partial charge in [0, 0.05) is 38.6 Å². The summed E-state index contributed by atoms with van der Waals surface area (Å²) in [6, 6.07) is 0.758. The Hall–Kier alpha value is -1.47. The number of carbonyl (C=O) groups excluding carboxylic acids is 1. The van der Waals surface area contributed by atoms with Crippen LogP contribution in [-0.2, 0) is 22.5 Å². The van der Waals surface area contributed by atoms with Crippen molar-refractivity contribution in [2.24, 2.45) is 0 Å². The number of carbonyl (C=O) groups is 1. The van der Waals surface area contributed by atoms with Crippen molar-refractivity contribution in [3.63, 3.8) is 0 Å². The van der Waals surface area contributed by atoms with E-state index in [0.29, 0.717) is 49.8 Å². The van der Waals surface area contributed by atoms with Gasteiger partial charge < -0.3 is 14.2 Å². The van der Waals surface area contributed by atoms with Gasteiger partial charge in [-0.05, 0) is 32.2 Å². The van der Waals surface area contributed by atoms with Crippen molar-refractivity contribution in [2.75, 3.05) is 26.8 Å². The van der Waals surface area contributed by atoms with Gasteiger partial charge in [-0.2, -0.15) is 4.98 Å². The molecule has 7 nitrogen and oxygen atoms in total. The second-order valence-electron chi connectivity index (χ2n) is 6.68. The second-order valence-corrected chi connectivity index (χ2v) is 6.68. The Kier molecular flexibility index (Phi) is 5.84. The van der Waals surface area contributed by atoms with Gasteiger partial charge >= 0.3 is 0 Å². The molecule has 0 aromatic carbocycles. The smallest absolute Gasteiger partial charge is 0.240 e. The molecule has 0 unspecified atom stereocenters. The fraction of sp³-hybridized carbons (Fsp3) is 0.824. The van der Waals surface area contributed by atoms with Crippen molar-refractivity contribution >= 4 is 5.91 Å². The van der Waals surface area contributed by atoms with Gasteiger partial charge in [-0.25, -0.2) is 0 Å². The van der Waals surface area contributed by atoms with Crippen LogP contribution in [0.5, 0.6) is 0 Å². The van der Waals surface area contributed by atoms with Crippen LogP contribution in [0.3, 0.4) is 0 Å². The van der Waals surface area contributed by atoms with Crippen molar-refractivity contribution in [1.29, 1.82) is 0 Å². The first-order valence-corrected chi connectivity index (χ1v) is 9.06. The Balaban J connectivity index is 1.63. The predicted molar refractivity (Wildman–Crippen MR) is 88.3 cm³/mol. The van der Waals surface area contributed by atoms with Gasteiger partial charge in [0.25, 0.3) is 0 Å². The lowest BCUT2D eigenvalue weighted by atomic mass is 10.0. The molecule has 1 aromatic rings. The molecule has 0 bridgehead atoms. The Labute approximate surface area is 143 Å². The third-order valence-electron chi connectivity index (χ3n) is 5.16. The number of hydrogen-bond acceptors (Lipinski definition) is 6. The number of methoxy groups -OCH3 is 1. The normalized spacial score (nSPS) is 24.8. The summed E-state index contributed by atoms with van der Waals surface area (Å²) >= 11 is 0. The number of ether oxygens (including phenoxy) is 1. The van der Waals surface area contributed by atoms with Crippen LogP contribution in [0.15, 0.2) is 4.52 Å². The van der Waals surface area contributed by atoms with Crippen LogP contribution in [-0.4, -0.2) is 64.7 Å². The Morgan fingerprint density at radius 3 is 2.88 bits per heavy atom. The molecule has 0 aliphatic carbocycles. The average Bonchev–Trinajstić information content (AvgIpc) is 3.32. The topological polar surface area (TPSA) is 71.7 Å². The minimum atomic E-state index is 0.281. The number of nitrogens with zero attached hydrogens (tertiary/aromatic N) is 4. The van der Waals surface area contributed by atoms with Gasteiger partial charge in [0.2, 0.25) is 11.8 Å². The van der Waals surface area contributed by atoms with Gasteiger partial charge in [-0.1, -0.05) is 12.1 Å². The van der Waals surface area contributed by atoms with Gasteiger partial charge in [-0.15, -0.1) is 0 Å². The summed E-state index contributed by atoms with van der Waals surface area (Å²) in [5.74, 6) is 1.65. The zero-order valence-electron chi connectivity index (χ0n) is 14.7. The minimum Gasteiger partial charge on any atom is -0.384 e. The molecule has 0 N–H and O–H groups in total. The van der Waals surface area contributed by atoms with Gasteiger partial charge in [0.15, 0.2) is 5.82 Å². The Bertz CT molecular complexity index is 548. The number of rotatable bonds is 7. The monoisotopic (exact) mass is 336 g/mol. The maximum Gasteiger partial charge on any atom is 0.240 e. The molecule has 2 aliphatic rings. The number of amides is 1. The van der Waals surface area contributed by atoms with E-state index in [4.69, 9.17) is 9.26 Å². The lowest BCUT2D eigenvalue weighted by Gasteiger charge is -2.34. The summed E-state index contributed by atoms with van der Waals surface area (Å²) < 4.78 is 10.4.